The number of ether oxygens (including phenoxy) is 1. The van der Waals surface area contributed by atoms with E-state index in [1.165, 1.54) is 6.92 Å². The van der Waals surface area contributed by atoms with Gasteiger partial charge in [0.05, 0.1) is 5.92 Å². The molecular weight excluding hydrogens is 328 g/mol. The van der Waals surface area contributed by atoms with Crippen molar-refractivity contribution < 1.29 is 19.1 Å². The van der Waals surface area contributed by atoms with Crippen LogP contribution in [0.1, 0.15) is 59.8 Å². The quantitative estimate of drug-likeness (QED) is 0.621. The first-order chi connectivity index (χ1) is 11.3. The van der Waals surface area contributed by atoms with Crippen molar-refractivity contribution in [3.63, 3.8) is 0 Å². The van der Waals surface area contributed by atoms with E-state index in [9.17, 15) is 14.4 Å². The van der Waals surface area contributed by atoms with Gasteiger partial charge in [0.2, 0.25) is 11.0 Å². The second-order valence-corrected chi connectivity index (χ2v) is 7.29. The molecule has 2 unspecified atom stereocenters. The summed E-state index contributed by atoms with van der Waals surface area (Å²) in [6, 6.07) is 0. The Balaban J connectivity index is 2.73. The van der Waals surface area contributed by atoms with Crippen molar-refractivity contribution in [3.8, 4) is 0 Å². The van der Waals surface area contributed by atoms with E-state index in [0.717, 1.165) is 43.9 Å². The van der Waals surface area contributed by atoms with Gasteiger partial charge in [0.1, 0.15) is 5.76 Å². The van der Waals surface area contributed by atoms with Crippen molar-refractivity contribution in [2.75, 3.05) is 6.61 Å². The van der Waals surface area contributed by atoms with Crippen LogP contribution in [0.25, 0.3) is 0 Å². The Labute approximate surface area is 148 Å². The third kappa shape index (κ3) is 5.85. The van der Waals surface area contributed by atoms with E-state index in [-0.39, 0.29) is 29.0 Å². The van der Waals surface area contributed by atoms with Gasteiger partial charge in [-0.3, -0.25) is 25.2 Å². The van der Waals surface area contributed by atoms with Crippen molar-refractivity contribution in [3.05, 3.63) is 11.2 Å². The number of hydrogen-bond donors (Lipinski definition) is 2. The molecule has 6 nitrogen and oxygen atoms in total. The molecule has 136 valence electrons. The lowest BCUT2D eigenvalue weighted by atomic mass is 9.70. The van der Waals surface area contributed by atoms with E-state index in [0.29, 0.717) is 5.76 Å². The molecular formula is C17H28N2O4S. The molecule has 2 atom stereocenters. The molecule has 0 saturated heterocycles. The molecule has 2 N–H and O–H groups in total. The molecule has 1 aliphatic heterocycles. The minimum Gasteiger partial charge on any atom is -0.487 e. The summed E-state index contributed by atoms with van der Waals surface area (Å²) in [5.41, 5.74) is 4.30. The van der Waals surface area contributed by atoms with E-state index in [4.69, 9.17) is 4.74 Å². The third-order valence-corrected chi connectivity index (χ3v) is 5.00. The van der Waals surface area contributed by atoms with Gasteiger partial charge in [-0.2, -0.15) is 0 Å². The van der Waals surface area contributed by atoms with Crippen LogP contribution in [0.4, 0.5) is 0 Å². The summed E-state index contributed by atoms with van der Waals surface area (Å²) in [5, 5.41) is 1.79. The van der Waals surface area contributed by atoms with Crippen LogP contribution >= 0.6 is 11.8 Å². The van der Waals surface area contributed by atoms with Crippen LogP contribution in [0, 0.1) is 11.3 Å². The summed E-state index contributed by atoms with van der Waals surface area (Å²) in [6.45, 7) is 7.45. The van der Waals surface area contributed by atoms with Crippen molar-refractivity contribution in [1.82, 2.24) is 10.9 Å². The smallest absolute Gasteiger partial charge is 0.276 e. The molecule has 0 aliphatic carbocycles. The number of carbonyl (C=O) groups is 3. The van der Waals surface area contributed by atoms with Crippen LogP contribution in [-0.4, -0.2) is 23.5 Å². The zero-order chi connectivity index (χ0) is 18.2. The van der Waals surface area contributed by atoms with E-state index in [1.54, 1.807) is 5.41 Å². The van der Waals surface area contributed by atoms with Crippen molar-refractivity contribution in [2.45, 2.75) is 59.8 Å². The van der Waals surface area contributed by atoms with Gasteiger partial charge in [0.25, 0.3) is 5.91 Å². The van der Waals surface area contributed by atoms with Crippen LogP contribution < -0.4 is 10.9 Å². The fourth-order valence-corrected chi connectivity index (χ4v) is 3.99. The van der Waals surface area contributed by atoms with E-state index < -0.39 is 5.91 Å². The van der Waals surface area contributed by atoms with Gasteiger partial charge in [0, 0.05) is 12.3 Å². The molecule has 1 heterocycles. The highest BCUT2D eigenvalue weighted by Gasteiger charge is 2.44. The molecule has 0 spiro atoms. The van der Waals surface area contributed by atoms with Crippen LogP contribution in [-0.2, 0) is 19.1 Å². The molecule has 0 aromatic rings. The van der Waals surface area contributed by atoms with Crippen molar-refractivity contribution in [1.29, 1.82) is 0 Å². The first-order valence-corrected chi connectivity index (χ1v) is 9.30. The van der Waals surface area contributed by atoms with Crippen LogP contribution in [0.3, 0.4) is 0 Å². The van der Waals surface area contributed by atoms with Crippen LogP contribution in [0.2, 0.25) is 0 Å². The molecule has 0 radical (unpaired) electrons. The van der Waals surface area contributed by atoms with Gasteiger partial charge < -0.3 is 4.74 Å². The average Bonchev–Trinajstić information content (AvgIpc) is 2.90. The number of allylic oxidation sites excluding steroid dienone is 1. The summed E-state index contributed by atoms with van der Waals surface area (Å²) in [4.78, 5) is 34.9. The predicted octanol–water partition coefficient (Wildman–Crippen LogP) is 2.90. The second-order valence-electron chi connectivity index (χ2n) is 6.42. The maximum absolute atomic E-state index is 12.4. The number of rotatable bonds is 9. The monoisotopic (exact) mass is 356 g/mol. The Morgan fingerprint density at radius 3 is 2.54 bits per heavy atom. The average molecular weight is 356 g/mol. The molecule has 0 fully saturated rings. The highest BCUT2D eigenvalue weighted by Crippen LogP contribution is 2.48. The van der Waals surface area contributed by atoms with Gasteiger partial charge in [0.15, 0.2) is 6.61 Å². The summed E-state index contributed by atoms with van der Waals surface area (Å²) in [5.74, 6) is -0.570. The Morgan fingerprint density at radius 2 is 1.96 bits per heavy atom. The SMILES string of the molecule is CCCCC(C)(CCC)C1C(=O)SC=C1OCC(=O)NNC(C)=O. The molecule has 7 heteroatoms. The predicted molar refractivity (Wildman–Crippen MR) is 94.6 cm³/mol. The van der Waals surface area contributed by atoms with Gasteiger partial charge in [-0.05, 0) is 18.3 Å². The molecule has 1 aliphatic rings. The maximum atomic E-state index is 12.4. The number of thioether (sulfide) groups is 1. The van der Waals surface area contributed by atoms with Gasteiger partial charge in [-0.25, -0.2) is 0 Å². The number of hydrogen-bond acceptors (Lipinski definition) is 5. The third-order valence-electron chi connectivity index (χ3n) is 4.18. The van der Waals surface area contributed by atoms with Crippen LogP contribution in [0.5, 0.6) is 0 Å². The molecule has 0 aromatic carbocycles. The summed E-state index contributed by atoms with van der Waals surface area (Å²) in [6.07, 6.45) is 5.01. The van der Waals surface area contributed by atoms with E-state index >= 15 is 0 Å². The molecule has 0 aromatic heterocycles. The van der Waals surface area contributed by atoms with Crippen molar-refractivity contribution in [2.24, 2.45) is 11.3 Å². The minimum absolute atomic E-state index is 0.0827. The summed E-state index contributed by atoms with van der Waals surface area (Å²) >= 11 is 1.14. The Kier molecular flexibility index (Phi) is 8.31. The first-order valence-electron chi connectivity index (χ1n) is 8.42. The summed E-state index contributed by atoms with van der Waals surface area (Å²) < 4.78 is 5.61. The lowest BCUT2D eigenvalue weighted by Gasteiger charge is -2.35. The fourth-order valence-electron chi connectivity index (χ4n) is 3.02. The standard InChI is InChI=1S/C17H28N2O4S/c1-5-7-9-17(4,8-6-2)15-13(11-24-16(15)22)23-10-14(21)19-18-12(3)20/h11,15H,5-10H2,1-4H3,(H,18,20)(H,19,21). The van der Waals surface area contributed by atoms with Gasteiger partial charge >= 0.3 is 0 Å². The Morgan fingerprint density at radius 1 is 1.25 bits per heavy atom. The molecule has 2 amide bonds. The maximum Gasteiger partial charge on any atom is 0.276 e. The van der Waals surface area contributed by atoms with Crippen molar-refractivity contribution >= 4 is 28.7 Å². The lowest BCUT2D eigenvalue weighted by molar-refractivity contribution is -0.130. The number of carbonyl (C=O) groups excluding carboxylic acids is 3. The lowest BCUT2D eigenvalue weighted by Crippen LogP contribution is -2.42. The normalized spacial score (nSPS) is 19.4. The largest absolute Gasteiger partial charge is 0.487 e. The summed E-state index contributed by atoms with van der Waals surface area (Å²) in [7, 11) is 0. The number of hydrazine groups is 1. The molecule has 24 heavy (non-hydrogen) atoms. The zero-order valence-electron chi connectivity index (χ0n) is 14.9. The van der Waals surface area contributed by atoms with E-state index in [1.807, 2.05) is 0 Å². The minimum atomic E-state index is -0.458. The van der Waals surface area contributed by atoms with Crippen LogP contribution in [0.15, 0.2) is 11.2 Å². The number of unbranched alkanes of at least 4 members (excludes halogenated alkanes) is 1. The molecule has 1 rings (SSSR count). The van der Waals surface area contributed by atoms with E-state index in [2.05, 4.69) is 31.6 Å². The highest BCUT2D eigenvalue weighted by molar-refractivity contribution is 8.16. The topological polar surface area (TPSA) is 84.5 Å². The fraction of sp³-hybridized carbons (Fsp3) is 0.706. The number of nitrogens with one attached hydrogen (secondary N) is 2. The first kappa shape index (κ1) is 20.5. The number of amides is 2. The second kappa shape index (κ2) is 9.71. The highest BCUT2D eigenvalue weighted by atomic mass is 32.2. The van der Waals surface area contributed by atoms with Gasteiger partial charge in [-0.15, -0.1) is 0 Å². The Hall–Kier alpha value is -1.50. The molecule has 0 saturated carbocycles. The van der Waals surface area contributed by atoms with Gasteiger partial charge in [-0.1, -0.05) is 51.8 Å². The Bertz CT molecular complexity index is 507. The zero-order valence-corrected chi connectivity index (χ0v) is 15.8. The molecule has 0 bridgehead atoms.